The summed E-state index contributed by atoms with van der Waals surface area (Å²) in [6, 6.07) is 7.51. The van der Waals surface area contributed by atoms with Crippen LogP contribution in [0.2, 0.25) is 0 Å². The minimum atomic E-state index is -3.72. The SMILES string of the molecule is O=C(NC1CCCCC1)C1NNNC1NS(=O)(=O)c1ccccc1. The van der Waals surface area contributed by atoms with Gasteiger partial charge in [0.1, 0.15) is 12.2 Å². The van der Waals surface area contributed by atoms with Crippen LogP contribution >= 0.6 is 0 Å². The summed E-state index contributed by atoms with van der Waals surface area (Å²) in [5.74, 6) is -0.222. The van der Waals surface area contributed by atoms with Crippen LogP contribution in [-0.2, 0) is 14.8 Å². The molecule has 0 radical (unpaired) electrons. The highest BCUT2D eigenvalue weighted by atomic mass is 32.2. The van der Waals surface area contributed by atoms with Gasteiger partial charge in [0, 0.05) is 6.04 Å². The van der Waals surface area contributed by atoms with Crippen molar-refractivity contribution in [1.82, 2.24) is 26.4 Å². The van der Waals surface area contributed by atoms with E-state index in [2.05, 4.69) is 26.4 Å². The average Bonchev–Trinajstić information content (AvgIpc) is 3.04. The molecule has 1 aromatic carbocycles. The molecule has 2 unspecified atom stereocenters. The molecule has 1 saturated carbocycles. The van der Waals surface area contributed by atoms with Crippen LogP contribution in [0.25, 0.3) is 0 Å². The molecule has 9 heteroatoms. The molecule has 8 nitrogen and oxygen atoms in total. The zero-order chi connectivity index (χ0) is 17.0. The number of carbonyl (C=O) groups is 1. The maximum absolute atomic E-state index is 12.5. The summed E-state index contributed by atoms with van der Waals surface area (Å²) in [6.45, 7) is 0. The molecule has 2 atom stereocenters. The van der Waals surface area contributed by atoms with Crippen molar-refractivity contribution in [1.29, 1.82) is 0 Å². The van der Waals surface area contributed by atoms with Crippen molar-refractivity contribution in [2.75, 3.05) is 0 Å². The molecule has 3 rings (SSSR count). The lowest BCUT2D eigenvalue weighted by atomic mass is 9.95. The van der Waals surface area contributed by atoms with E-state index in [0.717, 1.165) is 25.7 Å². The molecule has 1 amide bonds. The number of benzene rings is 1. The first-order chi connectivity index (χ1) is 11.6. The van der Waals surface area contributed by atoms with Crippen molar-refractivity contribution in [3.8, 4) is 0 Å². The normalized spacial score (nSPS) is 25.5. The van der Waals surface area contributed by atoms with Gasteiger partial charge < -0.3 is 5.32 Å². The van der Waals surface area contributed by atoms with Gasteiger partial charge in [-0.05, 0) is 25.0 Å². The van der Waals surface area contributed by atoms with Gasteiger partial charge in [-0.25, -0.2) is 19.3 Å². The maximum atomic E-state index is 12.5. The van der Waals surface area contributed by atoms with Crippen molar-refractivity contribution in [2.45, 2.75) is 55.2 Å². The monoisotopic (exact) mass is 353 g/mol. The van der Waals surface area contributed by atoms with Crippen molar-refractivity contribution < 1.29 is 13.2 Å². The van der Waals surface area contributed by atoms with Crippen LogP contribution < -0.4 is 26.4 Å². The van der Waals surface area contributed by atoms with Crippen LogP contribution in [0.5, 0.6) is 0 Å². The fraction of sp³-hybridized carbons (Fsp3) is 0.533. The molecular formula is C15H23N5O3S. The van der Waals surface area contributed by atoms with Crippen molar-refractivity contribution in [2.24, 2.45) is 0 Å². The van der Waals surface area contributed by atoms with Crippen molar-refractivity contribution in [3.05, 3.63) is 30.3 Å². The predicted molar refractivity (Wildman–Crippen MR) is 88.8 cm³/mol. The van der Waals surface area contributed by atoms with Gasteiger partial charge in [0.15, 0.2) is 0 Å². The Morgan fingerprint density at radius 3 is 2.46 bits per heavy atom. The Morgan fingerprint density at radius 2 is 1.75 bits per heavy atom. The molecule has 1 heterocycles. The highest BCUT2D eigenvalue weighted by Gasteiger charge is 2.36. The van der Waals surface area contributed by atoms with E-state index in [0.29, 0.717) is 0 Å². The third-order valence-electron chi connectivity index (χ3n) is 4.36. The number of sulfonamides is 1. The lowest BCUT2D eigenvalue weighted by Crippen LogP contribution is -2.56. The van der Waals surface area contributed by atoms with E-state index in [4.69, 9.17) is 0 Å². The van der Waals surface area contributed by atoms with Gasteiger partial charge in [-0.1, -0.05) is 37.5 Å². The number of hydrazine groups is 2. The molecule has 24 heavy (non-hydrogen) atoms. The van der Waals surface area contributed by atoms with E-state index < -0.39 is 22.2 Å². The fourth-order valence-corrected chi connectivity index (χ4v) is 4.23. The zero-order valence-corrected chi connectivity index (χ0v) is 14.1. The average molecular weight is 353 g/mol. The quantitative estimate of drug-likeness (QED) is 0.498. The lowest BCUT2D eigenvalue weighted by molar-refractivity contribution is -0.124. The summed E-state index contributed by atoms with van der Waals surface area (Å²) >= 11 is 0. The van der Waals surface area contributed by atoms with Crippen LogP contribution in [0.1, 0.15) is 32.1 Å². The Balaban J connectivity index is 1.63. The van der Waals surface area contributed by atoms with Crippen LogP contribution in [0, 0.1) is 0 Å². The summed E-state index contributed by atoms with van der Waals surface area (Å²) in [4.78, 5) is 12.6. The summed E-state index contributed by atoms with van der Waals surface area (Å²) in [5, 5.41) is 3.00. The Hall–Kier alpha value is -1.52. The molecule has 2 aliphatic rings. The fourth-order valence-electron chi connectivity index (χ4n) is 3.05. The van der Waals surface area contributed by atoms with Crippen LogP contribution in [0.3, 0.4) is 0 Å². The van der Waals surface area contributed by atoms with Crippen molar-refractivity contribution in [3.63, 3.8) is 0 Å². The number of hydrogen-bond acceptors (Lipinski definition) is 6. The molecule has 1 aliphatic carbocycles. The van der Waals surface area contributed by atoms with Gasteiger partial charge in [0.05, 0.1) is 4.90 Å². The van der Waals surface area contributed by atoms with Crippen LogP contribution in [-0.4, -0.2) is 32.6 Å². The number of nitrogens with one attached hydrogen (secondary N) is 5. The molecule has 0 aromatic heterocycles. The van der Waals surface area contributed by atoms with Gasteiger partial charge in [0.25, 0.3) is 0 Å². The summed E-state index contributed by atoms with van der Waals surface area (Å²) in [6.07, 6.45) is 4.60. The first-order valence-corrected chi connectivity index (χ1v) is 9.68. The van der Waals surface area contributed by atoms with E-state index in [1.165, 1.54) is 18.6 Å². The zero-order valence-electron chi connectivity index (χ0n) is 13.3. The molecule has 5 N–H and O–H groups in total. The third kappa shape index (κ3) is 4.11. The Kier molecular flexibility index (Phi) is 5.47. The predicted octanol–water partition coefficient (Wildman–Crippen LogP) is -0.279. The maximum Gasteiger partial charge on any atom is 0.242 e. The van der Waals surface area contributed by atoms with E-state index in [-0.39, 0.29) is 16.8 Å². The van der Waals surface area contributed by atoms with E-state index in [9.17, 15) is 13.2 Å². The number of rotatable bonds is 5. The van der Waals surface area contributed by atoms with Crippen molar-refractivity contribution >= 4 is 15.9 Å². The molecular weight excluding hydrogens is 330 g/mol. The summed E-state index contributed by atoms with van der Waals surface area (Å²) in [7, 11) is -3.72. The Morgan fingerprint density at radius 1 is 1.04 bits per heavy atom. The van der Waals surface area contributed by atoms with Gasteiger partial charge in [0.2, 0.25) is 15.9 Å². The molecule has 0 spiro atoms. The minimum Gasteiger partial charge on any atom is -0.352 e. The number of hydrogen-bond donors (Lipinski definition) is 5. The minimum absolute atomic E-state index is 0.158. The number of carbonyl (C=O) groups excluding carboxylic acids is 1. The standard InChI is InChI=1S/C15H23N5O3S/c21-15(16-11-7-3-1-4-8-11)13-14(18-20-17-13)19-24(22,23)12-9-5-2-6-10-12/h2,5-6,9-11,13-14,17-20H,1,3-4,7-8H2,(H,16,21). The first kappa shape index (κ1) is 17.3. The summed E-state index contributed by atoms with van der Waals surface area (Å²) < 4.78 is 27.3. The molecule has 1 aromatic rings. The molecule has 1 aliphatic heterocycles. The lowest BCUT2D eigenvalue weighted by Gasteiger charge is -2.25. The van der Waals surface area contributed by atoms with E-state index >= 15 is 0 Å². The highest BCUT2D eigenvalue weighted by Crippen LogP contribution is 2.17. The van der Waals surface area contributed by atoms with Crippen LogP contribution in [0.4, 0.5) is 0 Å². The Labute approximate surface area is 141 Å². The van der Waals surface area contributed by atoms with Gasteiger partial charge in [-0.15, -0.1) is 0 Å². The molecule has 132 valence electrons. The largest absolute Gasteiger partial charge is 0.352 e. The second-order valence-corrected chi connectivity index (χ2v) is 7.86. The highest BCUT2D eigenvalue weighted by molar-refractivity contribution is 7.89. The second-order valence-electron chi connectivity index (χ2n) is 6.15. The topological polar surface area (TPSA) is 111 Å². The molecule has 1 saturated heterocycles. The van der Waals surface area contributed by atoms with E-state index in [1.807, 2.05) is 0 Å². The smallest absolute Gasteiger partial charge is 0.242 e. The van der Waals surface area contributed by atoms with E-state index in [1.54, 1.807) is 18.2 Å². The second kappa shape index (κ2) is 7.58. The third-order valence-corrected chi connectivity index (χ3v) is 5.82. The van der Waals surface area contributed by atoms with Crippen LogP contribution in [0.15, 0.2) is 35.2 Å². The first-order valence-electron chi connectivity index (χ1n) is 8.20. The molecule has 2 fully saturated rings. The summed E-state index contributed by atoms with van der Waals surface area (Å²) in [5.41, 5.74) is 8.14. The Bertz CT molecular complexity index is 661. The van der Waals surface area contributed by atoms with Gasteiger partial charge >= 0.3 is 0 Å². The number of amides is 1. The molecule has 0 bridgehead atoms. The van der Waals surface area contributed by atoms with Gasteiger partial charge in [-0.2, -0.15) is 10.3 Å². The van der Waals surface area contributed by atoms with Gasteiger partial charge in [-0.3, -0.25) is 4.79 Å².